The molecule has 15 heteroatoms. The van der Waals surface area contributed by atoms with E-state index in [1.54, 1.807) is 12.3 Å². The van der Waals surface area contributed by atoms with E-state index in [1.165, 1.54) is 0 Å². The van der Waals surface area contributed by atoms with Crippen molar-refractivity contribution in [3.8, 4) is 0 Å². The number of hydrogen-bond donors (Lipinski definition) is 2. The summed E-state index contributed by atoms with van der Waals surface area (Å²) in [5.74, 6) is -4.44. The fourth-order valence-electron chi connectivity index (χ4n) is 1.13. The van der Waals surface area contributed by atoms with Crippen LogP contribution >= 0.6 is 22.6 Å². The van der Waals surface area contributed by atoms with Gasteiger partial charge in [0.25, 0.3) is 0 Å². The summed E-state index contributed by atoms with van der Waals surface area (Å²) in [6.07, 6.45) is -8.96. The second-order valence-corrected chi connectivity index (χ2v) is 6.15. The number of nitrogen functional groups attached to an aromatic ring is 2. The molecule has 0 amide bonds. The smallest absolute Gasteiger partial charge is 0.384 e. The molecule has 0 spiro atoms. The Morgan fingerprint density at radius 2 is 1.17 bits per heavy atom. The number of hydrogen-bond acceptors (Lipinski definition) is 4. The van der Waals surface area contributed by atoms with Crippen LogP contribution in [0.1, 0.15) is 5.56 Å². The van der Waals surface area contributed by atoms with Gasteiger partial charge in [-0.15, -0.1) is 0 Å². The van der Waals surface area contributed by atoms with Crippen LogP contribution in [0.2, 0.25) is 0 Å². The van der Waals surface area contributed by atoms with Gasteiger partial charge in [0.1, 0.15) is 11.6 Å². The minimum absolute atomic E-state index is 0.0250. The predicted molar refractivity (Wildman–Crippen MR) is 92.3 cm³/mol. The Bertz CT molecular complexity index is 715. The van der Waals surface area contributed by atoms with Gasteiger partial charge >= 0.3 is 22.2 Å². The molecule has 0 bridgehead atoms. The SMILES string of the molecule is FC(F)(F)C(F)(F)I.Nc1ccc(C(F)(F)C(F)(F)F)cn1.Nc1ccccn1. The Morgan fingerprint density at radius 3 is 1.41 bits per heavy atom. The first-order valence-corrected chi connectivity index (χ1v) is 7.94. The van der Waals surface area contributed by atoms with Gasteiger partial charge in [-0.3, -0.25) is 0 Å². The highest BCUT2D eigenvalue weighted by Crippen LogP contribution is 2.43. The Morgan fingerprint density at radius 1 is 0.690 bits per heavy atom. The number of halogens is 11. The maximum Gasteiger partial charge on any atom is 0.463 e. The summed E-state index contributed by atoms with van der Waals surface area (Å²) >= 11 is 0.0250. The minimum Gasteiger partial charge on any atom is -0.384 e. The van der Waals surface area contributed by atoms with E-state index in [1.807, 2.05) is 12.1 Å². The van der Waals surface area contributed by atoms with Gasteiger partial charge in [-0.25, -0.2) is 9.97 Å². The zero-order valence-corrected chi connectivity index (χ0v) is 15.9. The van der Waals surface area contributed by atoms with Crippen LogP contribution in [0.4, 0.5) is 55.5 Å². The standard InChI is InChI=1S/C7H5F5N2.C5H6N2.C2F5I/c8-6(9,7(10,11)12)4-1-2-5(13)14-3-4;6-5-3-1-2-4-7-5;3-1(4,5)2(6,7)8/h1-3H,(H2,13,14);1-4H,(H2,6,7);. The number of anilines is 2. The molecule has 0 aliphatic rings. The van der Waals surface area contributed by atoms with E-state index in [9.17, 15) is 43.9 Å². The predicted octanol–water partition coefficient (Wildman–Crippen LogP) is 5.56. The molecule has 0 aliphatic heterocycles. The van der Waals surface area contributed by atoms with Crippen molar-refractivity contribution in [1.82, 2.24) is 9.97 Å². The van der Waals surface area contributed by atoms with Crippen LogP contribution in [-0.2, 0) is 5.92 Å². The molecule has 2 aromatic rings. The summed E-state index contributed by atoms with van der Waals surface area (Å²) in [4.78, 5) is 6.91. The van der Waals surface area contributed by atoms with Crippen molar-refractivity contribution in [2.45, 2.75) is 22.2 Å². The van der Waals surface area contributed by atoms with E-state index in [-0.39, 0.29) is 28.4 Å². The summed E-state index contributed by atoms with van der Waals surface area (Å²) in [5.41, 5.74) is 9.07. The molecule has 0 aliphatic carbocycles. The van der Waals surface area contributed by atoms with Gasteiger partial charge in [0.15, 0.2) is 0 Å². The monoisotopic (exact) mass is 552 g/mol. The van der Waals surface area contributed by atoms with Crippen molar-refractivity contribution in [2.24, 2.45) is 0 Å². The average Bonchev–Trinajstić information content (AvgIpc) is 2.54. The number of rotatable bonds is 1. The first kappa shape index (κ1) is 26.9. The van der Waals surface area contributed by atoms with Crippen molar-refractivity contribution in [1.29, 1.82) is 0 Å². The molecule has 4 N–H and O–H groups in total. The Labute approximate surface area is 170 Å². The summed E-state index contributed by atoms with van der Waals surface area (Å²) in [5, 5.41) is 0. The minimum atomic E-state index is -5.62. The van der Waals surface area contributed by atoms with Crippen LogP contribution in [0, 0.1) is 0 Å². The van der Waals surface area contributed by atoms with E-state index >= 15 is 0 Å². The van der Waals surface area contributed by atoms with Gasteiger partial charge < -0.3 is 11.5 Å². The molecule has 0 saturated carbocycles. The van der Waals surface area contributed by atoms with Gasteiger partial charge in [0, 0.05) is 40.5 Å². The molecule has 0 aromatic carbocycles. The topological polar surface area (TPSA) is 77.8 Å². The molecule has 29 heavy (non-hydrogen) atoms. The highest BCUT2D eigenvalue weighted by atomic mass is 127. The highest BCUT2D eigenvalue weighted by Gasteiger charge is 2.58. The lowest BCUT2D eigenvalue weighted by molar-refractivity contribution is -0.289. The van der Waals surface area contributed by atoms with Crippen LogP contribution < -0.4 is 11.5 Å². The van der Waals surface area contributed by atoms with Crippen LogP contribution in [0.5, 0.6) is 0 Å². The normalized spacial score (nSPS) is 12.2. The second-order valence-electron chi connectivity index (χ2n) is 4.79. The molecule has 4 nitrogen and oxygen atoms in total. The fraction of sp³-hybridized carbons (Fsp3) is 0.286. The molecule has 0 unspecified atom stereocenters. The number of nitrogens with two attached hydrogens (primary N) is 2. The van der Waals surface area contributed by atoms with Crippen molar-refractivity contribution < 1.29 is 43.9 Å². The van der Waals surface area contributed by atoms with E-state index in [0.29, 0.717) is 18.1 Å². The highest BCUT2D eigenvalue weighted by molar-refractivity contribution is 14.1. The van der Waals surface area contributed by atoms with Gasteiger partial charge in [0.05, 0.1) is 0 Å². The molecular formula is C14H11F10IN4. The molecule has 2 rings (SSSR count). The Hall–Kier alpha value is -2.07. The quantitative estimate of drug-likeness (QED) is 0.276. The Kier molecular flexibility index (Phi) is 9.39. The van der Waals surface area contributed by atoms with Gasteiger partial charge in [-0.05, 0) is 24.3 Å². The van der Waals surface area contributed by atoms with E-state index in [0.717, 1.165) is 6.07 Å². The molecule has 0 saturated heterocycles. The first-order valence-electron chi connectivity index (χ1n) is 6.86. The van der Waals surface area contributed by atoms with Gasteiger partial charge in [-0.1, -0.05) is 6.07 Å². The molecule has 164 valence electrons. The van der Waals surface area contributed by atoms with Crippen LogP contribution in [0.15, 0.2) is 42.7 Å². The van der Waals surface area contributed by atoms with Crippen molar-refractivity contribution in [2.75, 3.05) is 11.5 Å². The van der Waals surface area contributed by atoms with Crippen LogP contribution in [0.3, 0.4) is 0 Å². The van der Waals surface area contributed by atoms with Crippen LogP contribution in [0.25, 0.3) is 0 Å². The third-order valence-electron chi connectivity index (χ3n) is 2.51. The Balaban J connectivity index is 0.000000444. The molecule has 2 heterocycles. The molecule has 2 aromatic heterocycles. The van der Waals surface area contributed by atoms with Crippen LogP contribution in [-0.4, -0.2) is 26.2 Å². The largest absolute Gasteiger partial charge is 0.463 e. The van der Waals surface area contributed by atoms with Crippen molar-refractivity contribution >= 4 is 34.2 Å². The van der Waals surface area contributed by atoms with Crippen molar-refractivity contribution in [3.05, 3.63) is 48.3 Å². The van der Waals surface area contributed by atoms with E-state index in [2.05, 4.69) is 9.97 Å². The third-order valence-corrected chi connectivity index (χ3v) is 3.13. The van der Waals surface area contributed by atoms with E-state index < -0.39 is 27.8 Å². The zero-order chi connectivity index (χ0) is 23.1. The molecule has 0 radical (unpaired) electrons. The lowest BCUT2D eigenvalue weighted by atomic mass is 10.1. The maximum absolute atomic E-state index is 12.6. The lowest BCUT2D eigenvalue weighted by Crippen LogP contribution is -2.33. The first-order chi connectivity index (χ1) is 12.9. The summed E-state index contributed by atoms with van der Waals surface area (Å²) < 4.78 is 111. The number of pyridine rings is 2. The summed E-state index contributed by atoms with van der Waals surface area (Å²) in [6, 6.07) is 6.91. The number of alkyl halides is 11. The molecule has 0 atom stereocenters. The van der Waals surface area contributed by atoms with Gasteiger partial charge in [-0.2, -0.15) is 43.9 Å². The summed E-state index contributed by atoms with van der Waals surface area (Å²) in [7, 11) is 0. The summed E-state index contributed by atoms with van der Waals surface area (Å²) in [6.45, 7) is 0. The average molecular weight is 552 g/mol. The number of nitrogens with zero attached hydrogens (tertiary/aromatic N) is 2. The lowest BCUT2D eigenvalue weighted by Gasteiger charge is -2.19. The van der Waals surface area contributed by atoms with Crippen molar-refractivity contribution in [3.63, 3.8) is 0 Å². The number of aromatic nitrogens is 2. The maximum atomic E-state index is 12.6. The molecule has 0 fully saturated rings. The fourth-order valence-corrected chi connectivity index (χ4v) is 1.13. The zero-order valence-electron chi connectivity index (χ0n) is 13.7. The molecular weight excluding hydrogens is 541 g/mol. The third kappa shape index (κ3) is 9.31. The van der Waals surface area contributed by atoms with E-state index in [4.69, 9.17) is 11.5 Å². The van der Waals surface area contributed by atoms with Gasteiger partial charge in [0.2, 0.25) is 0 Å². The second kappa shape index (κ2) is 10.1.